The molecule has 1 fully saturated rings. The Morgan fingerprint density at radius 2 is 2.27 bits per heavy atom. The van der Waals surface area contributed by atoms with Crippen LogP contribution >= 0.6 is 0 Å². The summed E-state index contributed by atoms with van der Waals surface area (Å²) in [5, 5.41) is 8.29. The van der Waals surface area contributed by atoms with Gasteiger partial charge >= 0.3 is 0 Å². The van der Waals surface area contributed by atoms with Gasteiger partial charge in [0.15, 0.2) is 5.82 Å². The van der Waals surface area contributed by atoms with Crippen molar-refractivity contribution in [2.75, 3.05) is 26.3 Å². The number of hydrogen-bond donors (Lipinski definition) is 0. The molecule has 0 aliphatic carbocycles. The Morgan fingerprint density at radius 3 is 3.00 bits per heavy atom. The summed E-state index contributed by atoms with van der Waals surface area (Å²) >= 11 is 0. The fourth-order valence-electron chi connectivity index (χ4n) is 2.59. The largest absolute Gasteiger partial charge is 0.378 e. The van der Waals surface area contributed by atoms with Crippen molar-refractivity contribution in [2.45, 2.75) is 26.3 Å². The third kappa shape index (κ3) is 3.36. The number of hydrogen-bond acceptors (Lipinski definition) is 6. The first-order valence-corrected chi connectivity index (χ1v) is 7.78. The summed E-state index contributed by atoms with van der Waals surface area (Å²) in [5.41, 5.74) is 0.840. The molecular weight excluding hydrogens is 282 g/mol. The predicted octanol–water partition coefficient (Wildman–Crippen LogP) is 1.89. The molecule has 1 aliphatic rings. The lowest BCUT2D eigenvalue weighted by Gasteiger charge is -2.33. The lowest BCUT2D eigenvalue weighted by molar-refractivity contribution is -0.0141. The topological polar surface area (TPSA) is 69.2 Å². The van der Waals surface area contributed by atoms with Crippen LogP contribution in [0.2, 0.25) is 0 Å². The molecule has 0 bridgehead atoms. The van der Waals surface area contributed by atoms with E-state index in [-0.39, 0.29) is 6.04 Å². The summed E-state index contributed by atoms with van der Waals surface area (Å²) in [7, 11) is 1.86. The highest BCUT2D eigenvalue weighted by atomic mass is 16.5. The number of nitrogens with zero attached hydrogens (tertiary/aromatic N) is 5. The van der Waals surface area contributed by atoms with E-state index in [2.05, 4.69) is 34.0 Å². The molecule has 1 saturated heterocycles. The maximum atomic E-state index is 5.61. The van der Waals surface area contributed by atoms with Crippen LogP contribution in [-0.2, 0) is 11.8 Å². The number of morpholine rings is 1. The molecule has 7 heteroatoms. The summed E-state index contributed by atoms with van der Waals surface area (Å²) in [6.45, 7) is 7.80. The van der Waals surface area contributed by atoms with E-state index >= 15 is 0 Å². The fourth-order valence-corrected chi connectivity index (χ4v) is 2.59. The molecule has 3 heterocycles. The molecule has 0 saturated carbocycles. The van der Waals surface area contributed by atoms with Gasteiger partial charge in [0.1, 0.15) is 0 Å². The smallest absolute Gasteiger partial charge is 0.261 e. The van der Waals surface area contributed by atoms with E-state index < -0.39 is 0 Å². The first kappa shape index (κ1) is 15.2. The zero-order valence-electron chi connectivity index (χ0n) is 13.4. The Morgan fingerprint density at radius 1 is 1.41 bits per heavy atom. The molecule has 0 unspecified atom stereocenters. The van der Waals surface area contributed by atoms with Gasteiger partial charge in [0.25, 0.3) is 5.89 Å². The number of ether oxygens (including phenoxy) is 1. The first-order valence-electron chi connectivity index (χ1n) is 7.78. The minimum absolute atomic E-state index is 0.0710. The van der Waals surface area contributed by atoms with Crippen LogP contribution in [-0.4, -0.2) is 51.1 Å². The second-order valence-electron chi connectivity index (χ2n) is 6.17. The Balaban J connectivity index is 1.75. The van der Waals surface area contributed by atoms with Gasteiger partial charge in [-0.3, -0.25) is 9.58 Å². The average Bonchev–Trinajstić information content (AvgIpc) is 3.14. The molecular formula is C15H23N5O2. The lowest BCUT2D eigenvalue weighted by Crippen LogP contribution is -2.40. The lowest BCUT2D eigenvalue weighted by atomic mass is 10.1. The number of rotatable bonds is 5. The normalized spacial score (nSPS) is 19.9. The van der Waals surface area contributed by atoms with Gasteiger partial charge in [-0.25, -0.2) is 0 Å². The van der Waals surface area contributed by atoms with E-state index in [1.165, 1.54) is 0 Å². The summed E-state index contributed by atoms with van der Waals surface area (Å²) in [4.78, 5) is 6.93. The Kier molecular flexibility index (Phi) is 4.54. The van der Waals surface area contributed by atoms with Crippen LogP contribution in [0.25, 0.3) is 11.5 Å². The quantitative estimate of drug-likeness (QED) is 0.840. The average molecular weight is 305 g/mol. The molecule has 120 valence electrons. The monoisotopic (exact) mass is 305 g/mol. The molecule has 0 N–H and O–H groups in total. The van der Waals surface area contributed by atoms with E-state index in [9.17, 15) is 0 Å². The summed E-state index contributed by atoms with van der Waals surface area (Å²) in [6.07, 6.45) is 4.75. The van der Waals surface area contributed by atoms with Crippen LogP contribution in [0.3, 0.4) is 0 Å². The van der Waals surface area contributed by atoms with Crippen molar-refractivity contribution in [1.82, 2.24) is 24.8 Å². The third-order valence-electron chi connectivity index (χ3n) is 3.92. The fraction of sp³-hybridized carbons (Fsp3) is 0.667. The standard InChI is InChI=1S/C15H23N5O2/c1-11(2)4-5-20-6-7-21-10-13(20)14-17-15(22-18-14)12-8-16-19(3)9-12/h8-9,11,13H,4-7,10H2,1-3H3/t13-/m1/s1. The van der Waals surface area contributed by atoms with Crippen LogP contribution in [0.4, 0.5) is 0 Å². The number of aryl methyl sites for hydroxylation is 1. The minimum Gasteiger partial charge on any atom is -0.378 e. The van der Waals surface area contributed by atoms with Crippen molar-refractivity contribution in [3.05, 3.63) is 18.2 Å². The molecule has 0 amide bonds. The van der Waals surface area contributed by atoms with Crippen molar-refractivity contribution in [3.63, 3.8) is 0 Å². The highest BCUT2D eigenvalue weighted by molar-refractivity contribution is 5.49. The van der Waals surface area contributed by atoms with Gasteiger partial charge in [0, 0.05) is 19.8 Å². The van der Waals surface area contributed by atoms with E-state index in [0.29, 0.717) is 24.2 Å². The molecule has 3 rings (SSSR count). The Labute approximate surface area is 130 Å². The second-order valence-corrected chi connectivity index (χ2v) is 6.17. The Bertz CT molecular complexity index is 607. The molecule has 0 aromatic carbocycles. The molecule has 2 aromatic rings. The van der Waals surface area contributed by atoms with Crippen molar-refractivity contribution >= 4 is 0 Å². The van der Waals surface area contributed by atoms with Crippen LogP contribution in [0.5, 0.6) is 0 Å². The highest BCUT2D eigenvalue weighted by Gasteiger charge is 2.29. The predicted molar refractivity (Wildman–Crippen MR) is 81.1 cm³/mol. The SMILES string of the molecule is CC(C)CCN1CCOC[C@@H]1c1noc(-c2cnn(C)c2)n1. The third-order valence-corrected chi connectivity index (χ3v) is 3.92. The minimum atomic E-state index is 0.0710. The first-order chi connectivity index (χ1) is 10.6. The van der Waals surface area contributed by atoms with Crippen LogP contribution in [0, 0.1) is 5.92 Å². The number of aromatic nitrogens is 4. The maximum Gasteiger partial charge on any atom is 0.261 e. The molecule has 1 atom stereocenters. The summed E-state index contributed by atoms with van der Waals surface area (Å²) in [6, 6.07) is 0.0710. The highest BCUT2D eigenvalue weighted by Crippen LogP contribution is 2.25. The van der Waals surface area contributed by atoms with Gasteiger partial charge < -0.3 is 9.26 Å². The van der Waals surface area contributed by atoms with Crippen LogP contribution < -0.4 is 0 Å². The van der Waals surface area contributed by atoms with E-state index in [1.807, 2.05) is 13.2 Å². The molecule has 1 aliphatic heterocycles. The van der Waals surface area contributed by atoms with Crippen LogP contribution in [0.1, 0.15) is 32.1 Å². The molecule has 22 heavy (non-hydrogen) atoms. The van der Waals surface area contributed by atoms with Crippen LogP contribution in [0.15, 0.2) is 16.9 Å². The van der Waals surface area contributed by atoms with E-state index in [0.717, 1.165) is 31.7 Å². The van der Waals surface area contributed by atoms with Gasteiger partial charge in [0.2, 0.25) is 0 Å². The van der Waals surface area contributed by atoms with Crippen molar-refractivity contribution in [3.8, 4) is 11.5 Å². The molecule has 7 nitrogen and oxygen atoms in total. The zero-order chi connectivity index (χ0) is 15.5. The van der Waals surface area contributed by atoms with Crippen molar-refractivity contribution in [2.24, 2.45) is 13.0 Å². The van der Waals surface area contributed by atoms with Crippen molar-refractivity contribution < 1.29 is 9.26 Å². The zero-order valence-corrected chi connectivity index (χ0v) is 13.4. The van der Waals surface area contributed by atoms with E-state index in [4.69, 9.17) is 9.26 Å². The molecule has 0 spiro atoms. The van der Waals surface area contributed by atoms with Gasteiger partial charge in [-0.15, -0.1) is 0 Å². The second kappa shape index (κ2) is 6.58. The van der Waals surface area contributed by atoms with Gasteiger partial charge in [-0.1, -0.05) is 19.0 Å². The van der Waals surface area contributed by atoms with Gasteiger partial charge in [-0.05, 0) is 18.9 Å². The Hall–Kier alpha value is -1.73. The maximum absolute atomic E-state index is 5.61. The molecule has 2 aromatic heterocycles. The van der Waals surface area contributed by atoms with Gasteiger partial charge in [0.05, 0.1) is 31.0 Å². The van der Waals surface area contributed by atoms with Gasteiger partial charge in [-0.2, -0.15) is 10.1 Å². The summed E-state index contributed by atoms with van der Waals surface area (Å²) < 4.78 is 12.7. The van der Waals surface area contributed by atoms with Crippen molar-refractivity contribution in [1.29, 1.82) is 0 Å². The molecule has 0 radical (unpaired) electrons. The summed E-state index contributed by atoms with van der Waals surface area (Å²) in [5.74, 6) is 1.89. The van der Waals surface area contributed by atoms with E-state index in [1.54, 1.807) is 10.9 Å².